The largest absolute Gasteiger partial charge is 0.344 e. The minimum atomic E-state index is -0.319. The van der Waals surface area contributed by atoms with Gasteiger partial charge in [-0.3, -0.25) is 15.2 Å². The average Bonchev–Trinajstić information content (AvgIpc) is 3.18. The van der Waals surface area contributed by atoms with Gasteiger partial charge >= 0.3 is 0 Å². The summed E-state index contributed by atoms with van der Waals surface area (Å²) in [5.74, 6) is -0.319. The van der Waals surface area contributed by atoms with Crippen molar-refractivity contribution in [1.82, 2.24) is 31.5 Å². The first-order valence-corrected chi connectivity index (χ1v) is 6.41. The van der Waals surface area contributed by atoms with E-state index < -0.39 is 0 Å². The predicted molar refractivity (Wildman–Crippen MR) is 81.9 cm³/mol. The number of aromatic amines is 2. The molecule has 0 amide bonds. The van der Waals surface area contributed by atoms with Crippen molar-refractivity contribution in [2.24, 2.45) is 0 Å². The van der Waals surface area contributed by atoms with E-state index in [2.05, 4.69) is 25.4 Å². The summed E-state index contributed by atoms with van der Waals surface area (Å²) >= 11 is 0. The molecule has 0 spiro atoms. The molecule has 0 unspecified atom stereocenters. The van der Waals surface area contributed by atoms with Crippen molar-refractivity contribution in [2.45, 2.75) is 0 Å². The number of hydrogen-bond donors (Lipinski definition) is 3. The fourth-order valence-corrected chi connectivity index (χ4v) is 2.46. The number of hydrogen-bond acceptors (Lipinski definition) is 4. The van der Waals surface area contributed by atoms with Gasteiger partial charge in [0.25, 0.3) is 0 Å². The minimum absolute atomic E-state index is 0. The van der Waals surface area contributed by atoms with Crippen LogP contribution >= 0.6 is 0 Å². The molecular weight excluding hydrogens is 283 g/mol. The number of nitrogens with zero attached hydrogens (tertiary/aromatic N) is 3. The summed E-state index contributed by atoms with van der Waals surface area (Å²) in [6.45, 7) is 0. The lowest BCUT2D eigenvalue weighted by molar-refractivity contribution is 0.636. The van der Waals surface area contributed by atoms with Crippen LogP contribution in [0.15, 0.2) is 49.1 Å². The maximum atomic E-state index is 13.8. The van der Waals surface area contributed by atoms with Gasteiger partial charge in [0.1, 0.15) is 11.3 Å². The Morgan fingerprint density at radius 3 is 2.64 bits per heavy atom. The Bertz CT molecular complexity index is 912. The van der Waals surface area contributed by atoms with Crippen molar-refractivity contribution in [3.8, 4) is 22.4 Å². The number of fused-ring (bicyclic) bond motifs is 1. The third-order valence-corrected chi connectivity index (χ3v) is 3.45. The normalized spacial score (nSPS) is 10.6. The van der Waals surface area contributed by atoms with E-state index in [0.29, 0.717) is 5.52 Å². The number of nitrogens with one attached hydrogen (secondary N) is 2. The Kier molecular flexibility index (Phi) is 3.40. The van der Waals surface area contributed by atoms with E-state index in [-0.39, 0.29) is 12.0 Å². The molecular formula is C15H13FN6. The first-order chi connectivity index (χ1) is 10.3. The maximum absolute atomic E-state index is 13.8. The molecule has 110 valence electrons. The Balaban J connectivity index is 0.00000144. The summed E-state index contributed by atoms with van der Waals surface area (Å²) in [4.78, 5) is 4.01. The van der Waals surface area contributed by atoms with Gasteiger partial charge in [0, 0.05) is 35.1 Å². The number of pyridine rings is 1. The van der Waals surface area contributed by atoms with Crippen LogP contribution < -0.4 is 6.15 Å². The van der Waals surface area contributed by atoms with Crippen LogP contribution in [-0.4, -0.2) is 25.4 Å². The highest BCUT2D eigenvalue weighted by atomic mass is 19.1. The van der Waals surface area contributed by atoms with Crippen molar-refractivity contribution in [2.75, 3.05) is 0 Å². The molecule has 5 N–H and O–H groups in total. The van der Waals surface area contributed by atoms with Crippen molar-refractivity contribution in [3.05, 3.63) is 54.9 Å². The fourth-order valence-electron chi connectivity index (χ4n) is 2.46. The molecule has 22 heavy (non-hydrogen) atoms. The molecule has 0 atom stereocenters. The molecule has 0 radical (unpaired) electrons. The number of aromatic nitrogens is 5. The molecule has 0 fully saturated rings. The molecule has 0 bridgehead atoms. The van der Waals surface area contributed by atoms with Gasteiger partial charge in [0.15, 0.2) is 0 Å². The van der Waals surface area contributed by atoms with Crippen LogP contribution in [0.3, 0.4) is 0 Å². The van der Waals surface area contributed by atoms with E-state index in [1.165, 1.54) is 6.07 Å². The van der Waals surface area contributed by atoms with Crippen LogP contribution in [0.1, 0.15) is 0 Å². The lowest BCUT2D eigenvalue weighted by Crippen LogP contribution is -1.86. The van der Waals surface area contributed by atoms with Gasteiger partial charge in [-0.1, -0.05) is 6.07 Å². The standard InChI is InChI=1S/C15H10FN5.H3N/c16-13-2-1-10(12-8-19-21-15(12)13)11-7-18-20-14(11)9-3-5-17-6-4-9;/h1-8H,(H,18,20)(H,19,21);1H3. The highest BCUT2D eigenvalue weighted by molar-refractivity contribution is 5.98. The van der Waals surface area contributed by atoms with Gasteiger partial charge in [0.05, 0.1) is 11.9 Å². The van der Waals surface area contributed by atoms with Gasteiger partial charge in [-0.05, 0) is 23.8 Å². The van der Waals surface area contributed by atoms with Crippen molar-refractivity contribution in [3.63, 3.8) is 0 Å². The second-order valence-electron chi connectivity index (χ2n) is 4.64. The first-order valence-electron chi connectivity index (χ1n) is 6.41. The van der Waals surface area contributed by atoms with Crippen LogP contribution in [0.4, 0.5) is 4.39 Å². The molecule has 6 nitrogen and oxygen atoms in total. The zero-order valence-corrected chi connectivity index (χ0v) is 11.5. The number of halogens is 1. The van der Waals surface area contributed by atoms with E-state index >= 15 is 0 Å². The third-order valence-electron chi connectivity index (χ3n) is 3.45. The molecule has 0 saturated heterocycles. The van der Waals surface area contributed by atoms with Crippen LogP contribution in [-0.2, 0) is 0 Å². The average molecular weight is 296 g/mol. The fraction of sp³-hybridized carbons (Fsp3) is 0. The quantitative estimate of drug-likeness (QED) is 0.527. The second kappa shape index (κ2) is 5.38. The van der Waals surface area contributed by atoms with Gasteiger partial charge < -0.3 is 6.15 Å². The Morgan fingerprint density at radius 1 is 1.00 bits per heavy atom. The molecule has 0 saturated carbocycles. The van der Waals surface area contributed by atoms with Crippen LogP contribution in [0.5, 0.6) is 0 Å². The van der Waals surface area contributed by atoms with Crippen molar-refractivity contribution < 1.29 is 4.39 Å². The van der Waals surface area contributed by atoms with Gasteiger partial charge in [-0.15, -0.1) is 0 Å². The van der Waals surface area contributed by atoms with Crippen LogP contribution in [0.2, 0.25) is 0 Å². The summed E-state index contributed by atoms with van der Waals surface area (Å²) < 4.78 is 13.8. The van der Waals surface area contributed by atoms with Crippen LogP contribution in [0, 0.1) is 5.82 Å². The van der Waals surface area contributed by atoms with Crippen molar-refractivity contribution >= 4 is 10.9 Å². The molecule has 0 aliphatic heterocycles. The third kappa shape index (κ3) is 2.04. The summed E-state index contributed by atoms with van der Waals surface area (Å²) in [6.07, 6.45) is 6.85. The maximum Gasteiger partial charge on any atom is 0.148 e. The molecule has 3 heterocycles. The van der Waals surface area contributed by atoms with E-state index in [1.807, 2.05) is 12.1 Å². The predicted octanol–water partition coefficient (Wildman–Crippen LogP) is 3.32. The SMILES string of the molecule is Fc1ccc(-c2c[nH]nc2-c2ccncc2)c2cn[nH]c12.N. The minimum Gasteiger partial charge on any atom is -0.344 e. The lowest BCUT2D eigenvalue weighted by atomic mass is 9.99. The Hall–Kier alpha value is -3.06. The molecule has 4 aromatic rings. The Labute approximate surface area is 125 Å². The molecule has 0 aliphatic rings. The van der Waals surface area contributed by atoms with E-state index in [1.54, 1.807) is 30.9 Å². The summed E-state index contributed by atoms with van der Waals surface area (Å²) in [6, 6.07) is 6.94. The number of H-pyrrole nitrogens is 2. The zero-order chi connectivity index (χ0) is 14.2. The molecule has 1 aromatic carbocycles. The molecule has 4 rings (SSSR count). The van der Waals surface area contributed by atoms with E-state index in [9.17, 15) is 4.39 Å². The zero-order valence-electron chi connectivity index (χ0n) is 11.5. The topological polar surface area (TPSA) is 105 Å². The highest BCUT2D eigenvalue weighted by Crippen LogP contribution is 2.34. The number of rotatable bonds is 2. The molecule has 7 heteroatoms. The lowest BCUT2D eigenvalue weighted by Gasteiger charge is -2.04. The monoisotopic (exact) mass is 296 g/mol. The highest BCUT2D eigenvalue weighted by Gasteiger charge is 2.15. The molecule has 0 aliphatic carbocycles. The van der Waals surface area contributed by atoms with Crippen LogP contribution in [0.25, 0.3) is 33.3 Å². The van der Waals surface area contributed by atoms with Gasteiger partial charge in [0.2, 0.25) is 0 Å². The van der Waals surface area contributed by atoms with E-state index in [4.69, 9.17) is 0 Å². The van der Waals surface area contributed by atoms with E-state index in [0.717, 1.165) is 27.8 Å². The van der Waals surface area contributed by atoms with Crippen molar-refractivity contribution in [1.29, 1.82) is 0 Å². The first kappa shape index (κ1) is 13.9. The molecule has 3 aromatic heterocycles. The summed E-state index contributed by atoms with van der Waals surface area (Å²) in [7, 11) is 0. The smallest absolute Gasteiger partial charge is 0.148 e. The summed E-state index contributed by atoms with van der Waals surface area (Å²) in [5, 5.41) is 14.5. The number of benzene rings is 1. The summed E-state index contributed by atoms with van der Waals surface area (Å²) in [5.41, 5.74) is 3.91. The second-order valence-corrected chi connectivity index (χ2v) is 4.64. The van der Waals surface area contributed by atoms with Gasteiger partial charge in [-0.25, -0.2) is 4.39 Å². The van der Waals surface area contributed by atoms with Gasteiger partial charge in [-0.2, -0.15) is 10.2 Å². The Morgan fingerprint density at radius 2 is 1.82 bits per heavy atom.